The molecular weight excluding hydrogens is 210 g/mol. The molecule has 0 bridgehead atoms. The van der Waals surface area contributed by atoms with Crippen molar-refractivity contribution in [3.05, 3.63) is 30.6 Å². The van der Waals surface area contributed by atoms with E-state index in [0.29, 0.717) is 11.5 Å². The largest absolute Gasteiger partial charge is 0.465 e. The lowest BCUT2D eigenvalue weighted by molar-refractivity contribution is 0.210. The van der Waals surface area contributed by atoms with Crippen LogP contribution >= 0.6 is 0 Å². The summed E-state index contributed by atoms with van der Waals surface area (Å²) in [5, 5.41) is 25.5. The van der Waals surface area contributed by atoms with Crippen LogP contribution in [-0.2, 0) is 0 Å². The van der Waals surface area contributed by atoms with Gasteiger partial charge in [-0.25, -0.2) is 4.79 Å². The third-order valence-electron chi connectivity index (χ3n) is 1.80. The topological polar surface area (TPSA) is 101 Å². The van der Waals surface area contributed by atoms with Crippen molar-refractivity contribution in [2.75, 3.05) is 5.32 Å². The highest BCUT2D eigenvalue weighted by Crippen LogP contribution is 2.16. The first-order chi connectivity index (χ1) is 7.75. The molecule has 0 saturated heterocycles. The molecule has 0 fully saturated rings. The summed E-state index contributed by atoms with van der Waals surface area (Å²) >= 11 is 0. The van der Waals surface area contributed by atoms with E-state index in [-0.39, 0.29) is 0 Å². The van der Waals surface area contributed by atoms with Crippen molar-refractivity contribution in [3.63, 3.8) is 0 Å². The second-order valence-electron chi connectivity index (χ2n) is 2.88. The van der Waals surface area contributed by atoms with Gasteiger partial charge in [-0.15, -0.1) is 20.4 Å². The quantitative estimate of drug-likeness (QED) is 0.778. The van der Waals surface area contributed by atoms with Gasteiger partial charge in [-0.3, -0.25) is 5.32 Å². The minimum atomic E-state index is -1.10. The summed E-state index contributed by atoms with van der Waals surface area (Å²) < 4.78 is 0. The highest BCUT2D eigenvalue weighted by atomic mass is 16.4. The van der Waals surface area contributed by atoms with Crippen LogP contribution in [-0.4, -0.2) is 31.6 Å². The van der Waals surface area contributed by atoms with Crippen molar-refractivity contribution in [2.24, 2.45) is 0 Å². The predicted octanol–water partition coefficient (Wildman–Crippen LogP) is 1.02. The molecule has 1 aromatic carbocycles. The lowest BCUT2D eigenvalue weighted by Crippen LogP contribution is -2.06. The van der Waals surface area contributed by atoms with Crippen molar-refractivity contribution < 1.29 is 9.90 Å². The van der Waals surface area contributed by atoms with Gasteiger partial charge >= 0.3 is 6.09 Å². The number of aromatic nitrogens is 4. The van der Waals surface area contributed by atoms with Gasteiger partial charge in [0.2, 0.25) is 5.82 Å². The van der Waals surface area contributed by atoms with E-state index >= 15 is 0 Å². The number of benzene rings is 1. The van der Waals surface area contributed by atoms with E-state index in [9.17, 15) is 4.79 Å². The normalized spacial score (nSPS) is 9.75. The molecule has 0 atom stereocenters. The number of amides is 1. The molecule has 0 aliphatic heterocycles. The van der Waals surface area contributed by atoms with Gasteiger partial charge in [-0.1, -0.05) is 0 Å². The van der Waals surface area contributed by atoms with Crippen LogP contribution in [0, 0.1) is 0 Å². The van der Waals surface area contributed by atoms with E-state index in [1.165, 1.54) is 6.33 Å². The number of carbonyl (C=O) groups is 1. The number of rotatable bonds is 2. The average Bonchev–Trinajstić information content (AvgIpc) is 2.30. The fourth-order valence-electron chi connectivity index (χ4n) is 1.15. The zero-order valence-corrected chi connectivity index (χ0v) is 8.03. The Morgan fingerprint density at radius 1 is 1.12 bits per heavy atom. The van der Waals surface area contributed by atoms with Gasteiger partial charge in [-0.05, 0) is 24.3 Å². The van der Waals surface area contributed by atoms with Gasteiger partial charge in [0, 0.05) is 11.3 Å². The molecule has 2 rings (SSSR count). The van der Waals surface area contributed by atoms with E-state index in [2.05, 4.69) is 25.7 Å². The second-order valence-corrected chi connectivity index (χ2v) is 2.88. The smallest absolute Gasteiger partial charge is 0.409 e. The van der Waals surface area contributed by atoms with Gasteiger partial charge in [0.15, 0.2) is 6.33 Å². The van der Waals surface area contributed by atoms with Crippen LogP contribution in [0.2, 0.25) is 0 Å². The van der Waals surface area contributed by atoms with E-state index in [1.54, 1.807) is 24.3 Å². The first-order valence-electron chi connectivity index (χ1n) is 4.36. The Kier molecular flexibility index (Phi) is 2.68. The number of hydrogen-bond donors (Lipinski definition) is 2. The molecule has 2 aromatic rings. The van der Waals surface area contributed by atoms with Gasteiger partial charge in [0.25, 0.3) is 0 Å². The lowest BCUT2D eigenvalue weighted by Gasteiger charge is -2.01. The minimum Gasteiger partial charge on any atom is -0.465 e. The average molecular weight is 217 g/mol. The molecule has 1 aromatic heterocycles. The van der Waals surface area contributed by atoms with E-state index in [4.69, 9.17) is 5.11 Å². The molecular formula is C9H7N5O2. The summed E-state index contributed by atoms with van der Waals surface area (Å²) in [6.07, 6.45) is 0.135. The monoisotopic (exact) mass is 217 g/mol. The van der Waals surface area contributed by atoms with Crippen molar-refractivity contribution >= 4 is 11.8 Å². The zero-order valence-electron chi connectivity index (χ0n) is 8.03. The van der Waals surface area contributed by atoms with Crippen LogP contribution < -0.4 is 5.32 Å². The zero-order chi connectivity index (χ0) is 11.4. The summed E-state index contributed by atoms with van der Waals surface area (Å²) in [4.78, 5) is 10.4. The number of nitrogens with one attached hydrogen (secondary N) is 1. The molecule has 80 valence electrons. The van der Waals surface area contributed by atoms with Crippen LogP contribution in [0.15, 0.2) is 30.6 Å². The molecule has 0 radical (unpaired) electrons. The van der Waals surface area contributed by atoms with E-state index < -0.39 is 6.09 Å². The Morgan fingerprint density at radius 2 is 1.75 bits per heavy atom. The van der Waals surface area contributed by atoms with Crippen LogP contribution in [0.5, 0.6) is 0 Å². The molecule has 0 spiro atoms. The standard InChI is InChI=1S/C9H7N5O2/c15-9(16)12-7-3-1-6(2-4-7)8-13-10-5-11-14-8/h1-5,12H,(H,15,16). The maximum atomic E-state index is 10.4. The maximum Gasteiger partial charge on any atom is 0.409 e. The highest BCUT2D eigenvalue weighted by Gasteiger charge is 2.02. The number of anilines is 1. The summed E-state index contributed by atoms with van der Waals surface area (Å²) in [6, 6.07) is 6.59. The first kappa shape index (κ1) is 9.97. The Bertz CT molecular complexity index is 485. The van der Waals surface area contributed by atoms with Crippen LogP contribution in [0.1, 0.15) is 0 Å². The van der Waals surface area contributed by atoms with Crippen molar-refractivity contribution in [3.8, 4) is 11.4 Å². The lowest BCUT2D eigenvalue weighted by atomic mass is 10.2. The molecule has 16 heavy (non-hydrogen) atoms. The molecule has 7 nitrogen and oxygen atoms in total. The molecule has 1 amide bonds. The number of carboxylic acid groups (broad SMARTS) is 1. The van der Waals surface area contributed by atoms with Gasteiger partial charge < -0.3 is 5.11 Å². The Labute approximate surface area is 90.2 Å². The first-order valence-corrected chi connectivity index (χ1v) is 4.36. The SMILES string of the molecule is O=C(O)Nc1ccc(-c2nncnn2)cc1. The van der Waals surface area contributed by atoms with E-state index in [0.717, 1.165) is 5.56 Å². The van der Waals surface area contributed by atoms with Crippen molar-refractivity contribution in [1.82, 2.24) is 20.4 Å². The number of hydrogen-bond acceptors (Lipinski definition) is 5. The maximum absolute atomic E-state index is 10.4. The highest BCUT2D eigenvalue weighted by molar-refractivity contribution is 5.83. The summed E-state index contributed by atoms with van der Waals surface area (Å²) in [6.45, 7) is 0. The molecule has 0 aliphatic carbocycles. The molecule has 0 aliphatic rings. The third-order valence-corrected chi connectivity index (χ3v) is 1.80. The Morgan fingerprint density at radius 3 is 2.31 bits per heavy atom. The van der Waals surface area contributed by atoms with Crippen LogP contribution in [0.25, 0.3) is 11.4 Å². The Hall–Kier alpha value is -2.57. The molecule has 7 heteroatoms. The fourth-order valence-corrected chi connectivity index (χ4v) is 1.15. The molecule has 0 unspecified atom stereocenters. The molecule has 1 heterocycles. The van der Waals surface area contributed by atoms with Gasteiger partial charge in [0.1, 0.15) is 0 Å². The number of nitrogens with zero attached hydrogens (tertiary/aromatic N) is 4. The van der Waals surface area contributed by atoms with Crippen molar-refractivity contribution in [2.45, 2.75) is 0 Å². The van der Waals surface area contributed by atoms with E-state index in [1.807, 2.05) is 0 Å². The summed E-state index contributed by atoms with van der Waals surface area (Å²) in [7, 11) is 0. The summed E-state index contributed by atoms with van der Waals surface area (Å²) in [5.74, 6) is 0.393. The van der Waals surface area contributed by atoms with Crippen molar-refractivity contribution in [1.29, 1.82) is 0 Å². The molecule has 0 saturated carbocycles. The van der Waals surface area contributed by atoms with Crippen LogP contribution in [0.3, 0.4) is 0 Å². The van der Waals surface area contributed by atoms with Gasteiger partial charge in [-0.2, -0.15) is 0 Å². The third kappa shape index (κ3) is 2.27. The Balaban J connectivity index is 2.23. The van der Waals surface area contributed by atoms with Gasteiger partial charge in [0.05, 0.1) is 0 Å². The summed E-state index contributed by atoms with van der Waals surface area (Å²) in [5.41, 5.74) is 1.20. The van der Waals surface area contributed by atoms with Crippen LogP contribution in [0.4, 0.5) is 10.5 Å². The molecule has 2 N–H and O–H groups in total. The minimum absolute atomic E-state index is 0.393. The second kappa shape index (κ2) is 4.30. The fraction of sp³-hybridized carbons (Fsp3) is 0. The predicted molar refractivity (Wildman–Crippen MR) is 54.7 cm³/mol.